The number of Topliss-reactive ketones (excluding diaryl/α,β-unsaturated/α-hetero) is 1. The van der Waals surface area contributed by atoms with Gasteiger partial charge in [-0.2, -0.15) is 0 Å². The van der Waals surface area contributed by atoms with Crippen molar-refractivity contribution in [1.82, 2.24) is 0 Å². The zero-order chi connectivity index (χ0) is 7.98. The van der Waals surface area contributed by atoms with Crippen LogP contribution < -0.4 is 5.73 Å². The van der Waals surface area contributed by atoms with Crippen molar-refractivity contribution in [1.29, 1.82) is 0 Å². The molecule has 0 heterocycles. The Labute approximate surface area is 61.5 Å². The van der Waals surface area contributed by atoms with E-state index in [-0.39, 0.29) is 18.2 Å². The molecule has 0 aliphatic rings. The average Bonchev–Trinajstić information content (AvgIpc) is 1.98. The minimum absolute atomic E-state index is 0.0462. The normalized spacial score (nSPS) is 13.1. The number of nitrogens with two attached hydrogens (primary N) is 1. The van der Waals surface area contributed by atoms with E-state index in [1.54, 1.807) is 7.11 Å². The first-order valence-electron chi connectivity index (χ1n) is 3.44. The fraction of sp³-hybridized carbons (Fsp3) is 0.857. The summed E-state index contributed by atoms with van der Waals surface area (Å²) in [5.74, 6) is 0.155. The van der Waals surface area contributed by atoms with E-state index in [1.165, 1.54) is 0 Å². The molecular formula is C7H15NO2. The average molecular weight is 145 g/mol. The Morgan fingerprint density at radius 3 is 2.70 bits per heavy atom. The predicted octanol–water partition coefficient (Wildman–Crippen LogP) is 0.187. The Hall–Kier alpha value is -0.410. The number of carbonyl (C=O) groups is 1. The van der Waals surface area contributed by atoms with Gasteiger partial charge in [0.2, 0.25) is 0 Å². The van der Waals surface area contributed by atoms with Gasteiger partial charge in [0.25, 0.3) is 0 Å². The molecule has 0 bridgehead atoms. The lowest BCUT2D eigenvalue weighted by Gasteiger charge is -2.06. The third-order valence-corrected chi connectivity index (χ3v) is 1.51. The van der Waals surface area contributed by atoms with Gasteiger partial charge in [-0.3, -0.25) is 4.79 Å². The van der Waals surface area contributed by atoms with Crippen molar-refractivity contribution in [2.75, 3.05) is 20.3 Å². The van der Waals surface area contributed by atoms with Crippen LogP contribution >= 0.6 is 0 Å². The molecule has 0 amide bonds. The smallest absolute Gasteiger partial charge is 0.149 e. The highest BCUT2D eigenvalue weighted by atomic mass is 16.5. The summed E-state index contributed by atoms with van der Waals surface area (Å²) in [6, 6.07) is 0. The maximum Gasteiger partial charge on any atom is 0.149 e. The first-order valence-corrected chi connectivity index (χ1v) is 3.44. The summed E-state index contributed by atoms with van der Waals surface area (Å²) >= 11 is 0. The van der Waals surface area contributed by atoms with E-state index >= 15 is 0 Å². The van der Waals surface area contributed by atoms with Gasteiger partial charge in [0.1, 0.15) is 5.78 Å². The fourth-order valence-corrected chi connectivity index (χ4v) is 0.657. The zero-order valence-electron chi connectivity index (χ0n) is 6.59. The molecule has 10 heavy (non-hydrogen) atoms. The minimum Gasteiger partial charge on any atom is -0.385 e. The molecule has 0 aliphatic heterocycles. The van der Waals surface area contributed by atoms with Crippen molar-refractivity contribution in [2.45, 2.75) is 13.3 Å². The number of ketones is 1. The molecule has 0 spiro atoms. The van der Waals surface area contributed by atoms with Crippen molar-refractivity contribution < 1.29 is 9.53 Å². The van der Waals surface area contributed by atoms with Crippen molar-refractivity contribution in [2.24, 2.45) is 11.7 Å². The lowest BCUT2D eigenvalue weighted by molar-refractivity contribution is -0.121. The molecular weight excluding hydrogens is 130 g/mol. The highest BCUT2D eigenvalue weighted by Crippen LogP contribution is 2.01. The molecule has 0 aromatic heterocycles. The molecule has 2 N–H and O–H groups in total. The molecule has 0 rings (SSSR count). The van der Waals surface area contributed by atoms with Gasteiger partial charge in [0.15, 0.2) is 0 Å². The number of methoxy groups -OCH3 is 1. The maximum atomic E-state index is 10.8. The third-order valence-electron chi connectivity index (χ3n) is 1.51. The van der Waals surface area contributed by atoms with Crippen molar-refractivity contribution in [3.05, 3.63) is 0 Å². The maximum absolute atomic E-state index is 10.8. The van der Waals surface area contributed by atoms with Crippen molar-refractivity contribution in [3.63, 3.8) is 0 Å². The van der Waals surface area contributed by atoms with Crippen LogP contribution in [0.1, 0.15) is 13.3 Å². The minimum atomic E-state index is 0.0462. The molecule has 0 aromatic rings. The van der Waals surface area contributed by atoms with Gasteiger partial charge in [-0.15, -0.1) is 0 Å². The summed E-state index contributed by atoms with van der Waals surface area (Å²) in [4.78, 5) is 10.8. The lowest BCUT2D eigenvalue weighted by Crippen LogP contribution is -2.21. The summed E-state index contributed by atoms with van der Waals surface area (Å²) in [5.41, 5.74) is 5.15. The first kappa shape index (κ1) is 9.59. The highest BCUT2D eigenvalue weighted by Gasteiger charge is 2.09. The Balaban J connectivity index is 3.41. The second-order valence-electron chi connectivity index (χ2n) is 2.35. The van der Waals surface area contributed by atoms with E-state index in [0.717, 1.165) is 6.42 Å². The van der Waals surface area contributed by atoms with Gasteiger partial charge in [-0.25, -0.2) is 0 Å². The molecule has 3 nitrogen and oxygen atoms in total. The summed E-state index contributed by atoms with van der Waals surface area (Å²) in [7, 11) is 1.62. The van der Waals surface area contributed by atoms with E-state index in [1.807, 2.05) is 6.92 Å². The molecule has 1 atom stereocenters. The molecule has 3 heteroatoms. The van der Waals surface area contributed by atoms with Crippen LogP contribution in [0.3, 0.4) is 0 Å². The Morgan fingerprint density at radius 2 is 2.30 bits per heavy atom. The van der Waals surface area contributed by atoms with Crippen molar-refractivity contribution >= 4 is 5.78 Å². The van der Waals surface area contributed by atoms with E-state index < -0.39 is 0 Å². The Bertz CT molecular complexity index is 104. The Kier molecular flexibility index (Phi) is 5.16. The molecule has 0 fully saturated rings. The molecule has 0 saturated carbocycles. The number of ether oxygens (including phenoxy) is 1. The number of carbonyl (C=O) groups excluding carboxylic acids is 1. The van der Waals surface area contributed by atoms with Crippen LogP contribution in [-0.2, 0) is 9.53 Å². The molecule has 0 radical (unpaired) electrons. The Morgan fingerprint density at radius 1 is 1.70 bits per heavy atom. The van der Waals surface area contributed by atoms with E-state index in [9.17, 15) is 4.79 Å². The van der Waals surface area contributed by atoms with Crippen LogP contribution in [0, 0.1) is 5.92 Å². The summed E-state index contributed by atoms with van der Waals surface area (Å²) in [6.45, 7) is 2.64. The monoisotopic (exact) mass is 145 g/mol. The van der Waals surface area contributed by atoms with Gasteiger partial charge in [-0.05, 0) is 6.42 Å². The largest absolute Gasteiger partial charge is 0.385 e. The molecule has 0 aromatic carbocycles. The number of hydrogen-bond acceptors (Lipinski definition) is 3. The standard InChI is InChI=1S/C7H15NO2/c1-6(3-4-10-2)7(9)5-8/h6H,3-5,8H2,1-2H3. The van der Waals surface area contributed by atoms with Crippen LogP contribution in [0.25, 0.3) is 0 Å². The quantitative estimate of drug-likeness (QED) is 0.600. The van der Waals surface area contributed by atoms with E-state index in [4.69, 9.17) is 10.5 Å². The van der Waals surface area contributed by atoms with E-state index in [0.29, 0.717) is 6.61 Å². The SMILES string of the molecule is COCCC(C)C(=O)CN. The summed E-state index contributed by atoms with van der Waals surface area (Å²) < 4.78 is 4.81. The predicted molar refractivity (Wildman–Crippen MR) is 39.7 cm³/mol. The molecule has 0 aliphatic carbocycles. The number of hydrogen-bond donors (Lipinski definition) is 1. The van der Waals surface area contributed by atoms with Gasteiger partial charge in [0, 0.05) is 19.6 Å². The highest BCUT2D eigenvalue weighted by molar-refractivity contribution is 5.82. The zero-order valence-corrected chi connectivity index (χ0v) is 6.59. The van der Waals surface area contributed by atoms with Crippen LogP contribution in [0.4, 0.5) is 0 Å². The first-order chi connectivity index (χ1) is 4.72. The fourth-order valence-electron chi connectivity index (χ4n) is 0.657. The summed E-state index contributed by atoms with van der Waals surface area (Å²) in [5, 5.41) is 0. The second kappa shape index (κ2) is 5.38. The number of rotatable bonds is 5. The van der Waals surface area contributed by atoms with Gasteiger partial charge < -0.3 is 10.5 Å². The third kappa shape index (κ3) is 3.58. The van der Waals surface area contributed by atoms with Crippen LogP contribution in [0.2, 0.25) is 0 Å². The lowest BCUT2D eigenvalue weighted by atomic mass is 10.0. The molecule has 0 saturated heterocycles. The van der Waals surface area contributed by atoms with Crippen LogP contribution in [0.15, 0.2) is 0 Å². The molecule has 60 valence electrons. The van der Waals surface area contributed by atoms with Gasteiger partial charge in [0.05, 0.1) is 6.54 Å². The second-order valence-corrected chi connectivity index (χ2v) is 2.35. The van der Waals surface area contributed by atoms with E-state index in [2.05, 4.69) is 0 Å². The van der Waals surface area contributed by atoms with Crippen LogP contribution in [-0.4, -0.2) is 26.0 Å². The van der Waals surface area contributed by atoms with Crippen LogP contribution in [0.5, 0.6) is 0 Å². The molecule has 1 unspecified atom stereocenters. The van der Waals surface area contributed by atoms with Crippen molar-refractivity contribution in [3.8, 4) is 0 Å². The topological polar surface area (TPSA) is 52.3 Å². The van der Waals surface area contributed by atoms with Gasteiger partial charge >= 0.3 is 0 Å². The summed E-state index contributed by atoms with van der Waals surface area (Å²) in [6.07, 6.45) is 0.770. The van der Waals surface area contributed by atoms with Gasteiger partial charge in [-0.1, -0.05) is 6.92 Å².